The summed E-state index contributed by atoms with van der Waals surface area (Å²) in [5.74, 6) is -0.0698. The lowest BCUT2D eigenvalue weighted by molar-refractivity contribution is 0.580. The summed E-state index contributed by atoms with van der Waals surface area (Å²) >= 11 is 0. The number of nitrogens with two attached hydrogens (primary N) is 1. The number of sulfonamides is 1. The van der Waals surface area contributed by atoms with E-state index < -0.39 is 10.0 Å². The largest absolute Gasteiger partial charge is 0.326 e. The lowest BCUT2D eigenvalue weighted by Gasteiger charge is -2.10. The average molecular weight is 305 g/mol. The van der Waals surface area contributed by atoms with Gasteiger partial charge in [-0.1, -0.05) is 24.3 Å². The molecule has 0 aliphatic rings. The molecular weight excluding hydrogens is 286 g/mol. The summed E-state index contributed by atoms with van der Waals surface area (Å²) in [6.07, 6.45) is 3.36. The molecule has 0 amide bonds. The Morgan fingerprint density at radius 1 is 1.14 bits per heavy atom. The topological polar surface area (TPSA) is 85.1 Å². The van der Waals surface area contributed by atoms with Gasteiger partial charge in [-0.3, -0.25) is 4.98 Å². The molecule has 3 N–H and O–H groups in total. The van der Waals surface area contributed by atoms with Gasteiger partial charge in [0.25, 0.3) is 0 Å². The van der Waals surface area contributed by atoms with E-state index in [4.69, 9.17) is 5.73 Å². The highest BCUT2D eigenvalue weighted by Crippen LogP contribution is 2.12. The molecule has 1 aromatic heterocycles. The molecule has 112 valence electrons. The van der Waals surface area contributed by atoms with Gasteiger partial charge in [-0.25, -0.2) is 13.1 Å². The summed E-state index contributed by atoms with van der Waals surface area (Å²) < 4.78 is 27.0. The van der Waals surface area contributed by atoms with E-state index in [1.807, 2.05) is 31.2 Å². The second-order valence-corrected chi connectivity index (χ2v) is 6.66. The average Bonchev–Trinajstić information content (AvgIpc) is 2.47. The van der Waals surface area contributed by atoms with Crippen LogP contribution in [-0.2, 0) is 28.9 Å². The van der Waals surface area contributed by atoms with Gasteiger partial charge >= 0.3 is 0 Å². The fourth-order valence-corrected chi connectivity index (χ4v) is 3.19. The lowest BCUT2D eigenvalue weighted by atomic mass is 10.1. The number of hydrogen-bond donors (Lipinski definition) is 2. The third-order valence-corrected chi connectivity index (χ3v) is 4.59. The molecule has 0 radical (unpaired) electrons. The van der Waals surface area contributed by atoms with Gasteiger partial charge in [-0.15, -0.1) is 0 Å². The van der Waals surface area contributed by atoms with Crippen LogP contribution in [-0.4, -0.2) is 13.4 Å². The standard InChI is InChI=1S/C15H19N3O2S/c1-12-6-7-17-9-15(12)10-18-21(19,20)11-14-5-3-2-4-13(14)8-16/h2-7,9,18H,8,10-11,16H2,1H3. The van der Waals surface area contributed by atoms with Gasteiger partial charge in [0.15, 0.2) is 0 Å². The first kappa shape index (κ1) is 15.6. The molecule has 0 unspecified atom stereocenters. The molecule has 1 heterocycles. The molecule has 0 saturated carbocycles. The Balaban J connectivity index is 2.07. The second kappa shape index (κ2) is 6.80. The molecule has 21 heavy (non-hydrogen) atoms. The van der Waals surface area contributed by atoms with Crippen LogP contribution in [0.2, 0.25) is 0 Å². The minimum Gasteiger partial charge on any atom is -0.326 e. The second-order valence-electron chi connectivity index (χ2n) is 4.86. The predicted molar refractivity (Wildman–Crippen MR) is 82.8 cm³/mol. The van der Waals surface area contributed by atoms with Gasteiger partial charge in [0, 0.05) is 25.5 Å². The molecule has 6 heteroatoms. The van der Waals surface area contributed by atoms with Crippen LogP contribution in [0, 0.1) is 6.92 Å². The maximum absolute atomic E-state index is 12.2. The Hall–Kier alpha value is -1.76. The van der Waals surface area contributed by atoms with E-state index in [0.29, 0.717) is 6.54 Å². The highest BCUT2D eigenvalue weighted by Gasteiger charge is 2.14. The quantitative estimate of drug-likeness (QED) is 0.846. The van der Waals surface area contributed by atoms with Crippen molar-refractivity contribution < 1.29 is 8.42 Å². The number of aryl methyl sites for hydroxylation is 1. The summed E-state index contributed by atoms with van der Waals surface area (Å²) in [7, 11) is -3.42. The Labute approximate surface area is 125 Å². The van der Waals surface area contributed by atoms with Gasteiger partial charge in [-0.2, -0.15) is 0 Å². The fraction of sp³-hybridized carbons (Fsp3) is 0.267. The zero-order valence-electron chi connectivity index (χ0n) is 11.9. The van der Waals surface area contributed by atoms with Crippen LogP contribution in [0.3, 0.4) is 0 Å². The van der Waals surface area contributed by atoms with Crippen molar-refractivity contribution in [1.29, 1.82) is 0 Å². The van der Waals surface area contributed by atoms with Crippen molar-refractivity contribution in [1.82, 2.24) is 9.71 Å². The number of pyridine rings is 1. The van der Waals surface area contributed by atoms with Crippen LogP contribution >= 0.6 is 0 Å². The highest BCUT2D eigenvalue weighted by molar-refractivity contribution is 7.88. The van der Waals surface area contributed by atoms with Crippen LogP contribution in [0.5, 0.6) is 0 Å². The predicted octanol–water partition coefficient (Wildman–Crippen LogP) is 1.47. The number of nitrogens with one attached hydrogen (secondary N) is 1. The molecule has 0 fully saturated rings. The Morgan fingerprint density at radius 2 is 1.86 bits per heavy atom. The van der Waals surface area contributed by atoms with Crippen LogP contribution < -0.4 is 10.5 Å². The highest BCUT2D eigenvalue weighted by atomic mass is 32.2. The molecule has 0 spiro atoms. The zero-order chi connectivity index (χ0) is 15.3. The SMILES string of the molecule is Cc1ccncc1CNS(=O)(=O)Cc1ccccc1CN. The van der Waals surface area contributed by atoms with Crippen LogP contribution in [0.15, 0.2) is 42.7 Å². The molecule has 2 aromatic rings. The molecule has 0 atom stereocenters. The van der Waals surface area contributed by atoms with Crippen molar-refractivity contribution >= 4 is 10.0 Å². The number of nitrogens with zero attached hydrogens (tertiary/aromatic N) is 1. The lowest BCUT2D eigenvalue weighted by Crippen LogP contribution is -2.25. The normalized spacial score (nSPS) is 11.5. The number of hydrogen-bond acceptors (Lipinski definition) is 4. The summed E-state index contributed by atoms with van der Waals surface area (Å²) in [6, 6.07) is 9.15. The molecule has 5 nitrogen and oxygen atoms in total. The van der Waals surface area contributed by atoms with Gasteiger partial charge < -0.3 is 5.73 Å². The van der Waals surface area contributed by atoms with Crippen LogP contribution in [0.4, 0.5) is 0 Å². The number of aromatic nitrogens is 1. The van der Waals surface area contributed by atoms with Crippen LogP contribution in [0.1, 0.15) is 22.3 Å². The van der Waals surface area contributed by atoms with E-state index in [1.165, 1.54) is 0 Å². The fourth-order valence-electron chi connectivity index (χ4n) is 2.02. The van der Waals surface area contributed by atoms with E-state index in [2.05, 4.69) is 9.71 Å². The number of benzene rings is 1. The molecular formula is C15H19N3O2S. The summed E-state index contributed by atoms with van der Waals surface area (Å²) in [4.78, 5) is 4.01. The van der Waals surface area contributed by atoms with E-state index in [9.17, 15) is 8.42 Å². The third kappa shape index (κ3) is 4.35. The maximum Gasteiger partial charge on any atom is 0.216 e. The van der Waals surface area contributed by atoms with Crippen molar-refractivity contribution in [2.45, 2.75) is 25.8 Å². The van der Waals surface area contributed by atoms with Gasteiger partial charge in [0.2, 0.25) is 10.0 Å². The molecule has 2 rings (SSSR count). The summed E-state index contributed by atoms with van der Waals surface area (Å²) in [6.45, 7) is 2.50. The Morgan fingerprint density at radius 3 is 2.52 bits per heavy atom. The van der Waals surface area contributed by atoms with Gasteiger partial charge in [0.05, 0.1) is 5.75 Å². The molecule has 0 aliphatic heterocycles. The van der Waals surface area contributed by atoms with Gasteiger partial charge in [0.1, 0.15) is 0 Å². The van der Waals surface area contributed by atoms with Gasteiger partial charge in [-0.05, 0) is 35.2 Å². The van der Waals surface area contributed by atoms with E-state index in [1.54, 1.807) is 18.5 Å². The first-order valence-corrected chi connectivity index (χ1v) is 8.31. The summed E-state index contributed by atoms with van der Waals surface area (Å²) in [5.41, 5.74) is 9.09. The third-order valence-electron chi connectivity index (χ3n) is 3.31. The molecule has 0 bridgehead atoms. The Kier molecular flexibility index (Phi) is 5.06. The first-order valence-electron chi connectivity index (χ1n) is 6.65. The number of rotatable bonds is 6. The van der Waals surface area contributed by atoms with Crippen molar-refractivity contribution in [3.63, 3.8) is 0 Å². The smallest absolute Gasteiger partial charge is 0.216 e. The monoisotopic (exact) mass is 305 g/mol. The van der Waals surface area contributed by atoms with E-state index >= 15 is 0 Å². The van der Waals surface area contributed by atoms with Crippen molar-refractivity contribution in [2.24, 2.45) is 5.73 Å². The zero-order valence-corrected chi connectivity index (χ0v) is 12.7. The van der Waals surface area contributed by atoms with E-state index in [0.717, 1.165) is 22.3 Å². The van der Waals surface area contributed by atoms with Crippen molar-refractivity contribution in [3.8, 4) is 0 Å². The summed E-state index contributed by atoms with van der Waals surface area (Å²) in [5, 5.41) is 0. The maximum atomic E-state index is 12.2. The minimum absolute atomic E-state index is 0.0698. The minimum atomic E-state index is -3.42. The van der Waals surface area contributed by atoms with Crippen molar-refractivity contribution in [2.75, 3.05) is 0 Å². The Bertz CT molecular complexity index is 714. The van der Waals surface area contributed by atoms with Crippen LogP contribution in [0.25, 0.3) is 0 Å². The van der Waals surface area contributed by atoms with E-state index in [-0.39, 0.29) is 12.3 Å². The first-order chi connectivity index (χ1) is 10.0. The molecule has 0 aliphatic carbocycles. The molecule has 0 saturated heterocycles. The molecule has 1 aromatic carbocycles. The van der Waals surface area contributed by atoms with Crippen molar-refractivity contribution in [3.05, 3.63) is 65.0 Å².